The molecule has 25 heavy (non-hydrogen) atoms. The predicted molar refractivity (Wildman–Crippen MR) is 108 cm³/mol. The van der Waals surface area contributed by atoms with Gasteiger partial charge in [-0.2, -0.15) is 0 Å². The lowest BCUT2D eigenvalue weighted by Gasteiger charge is -2.15. The lowest BCUT2D eigenvalue weighted by atomic mass is 10.2. The number of hydrogen-bond donors (Lipinski definition) is 1. The summed E-state index contributed by atoms with van der Waals surface area (Å²) in [6.45, 7) is 4.31. The van der Waals surface area contributed by atoms with E-state index in [1.807, 2.05) is 18.2 Å². The number of nitrogens with one attached hydrogen (secondary N) is 1. The Morgan fingerprint density at radius 1 is 1.16 bits per heavy atom. The van der Waals surface area contributed by atoms with Crippen LogP contribution < -0.4 is 14.8 Å². The third-order valence-corrected chi connectivity index (χ3v) is 4.89. The van der Waals surface area contributed by atoms with Gasteiger partial charge in [0.15, 0.2) is 11.5 Å². The zero-order chi connectivity index (χ0) is 18.2. The van der Waals surface area contributed by atoms with Crippen LogP contribution in [0.2, 0.25) is 10.0 Å². The van der Waals surface area contributed by atoms with Crippen LogP contribution in [0.15, 0.2) is 34.8 Å². The van der Waals surface area contributed by atoms with E-state index in [9.17, 15) is 0 Å². The zero-order valence-corrected chi connectivity index (χ0v) is 17.5. The molecule has 0 heterocycles. The predicted octanol–water partition coefficient (Wildman–Crippen LogP) is 6.23. The van der Waals surface area contributed by atoms with Crippen molar-refractivity contribution in [3.8, 4) is 11.5 Å². The maximum Gasteiger partial charge on any atom is 0.175 e. The standard InChI is InChI=1S/C19H22BrCl2NO2/c1-3-4-7-23-11-13-8-16(20)19(18(9-13)24-2)25-12-14-5-6-15(21)10-17(14)22/h5-6,8-10,23H,3-4,7,11-12H2,1-2H3. The molecule has 6 heteroatoms. The number of methoxy groups -OCH3 is 1. The van der Waals surface area contributed by atoms with Crippen molar-refractivity contribution >= 4 is 39.1 Å². The van der Waals surface area contributed by atoms with Crippen LogP contribution in [0.4, 0.5) is 0 Å². The third kappa shape index (κ3) is 6.07. The minimum Gasteiger partial charge on any atom is -0.493 e. The summed E-state index contributed by atoms with van der Waals surface area (Å²) in [7, 11) is 1.64. The van der Waals surface area contributed by atoms with Gasteiger partial charge in [-0.25, -0.2) is 0 Å². The molecule has 136 valence electrons. The summed E-state index contributed by atoms with van der Waals surface area (Å²) >= 11 is 15.7. The van der Waals surface area contributed by atoms with Crippen LogP contribution in [0.1, 0.15) is 30.9 Å². The van der Waals surface area contributed by atoms with Crippen molar-refractivity contribution in [2.75, 3.05) is 13.7 Å². The quantitative estimate of drug-likeness (QED) is 0.463. The van der Waals surface area contributed by atoms with Crippen molar-refractivity contribution in [3.63, 3.8) is 0 Å². The molecule has 0 radical (unpaired) electrons. The molecule has 0 aromatic heterocycles. The molecule has 0 aliphatic carbocycles. The molecule has 0 saturated heterocycles. The molecule has 2 rings (SSSR count). The van der Waals surface area contributed by atoms with Gasteiger partial charge in [0.05, 0.1) is 11.6 Å². The maximum atomic E-state index is 6.20. The monoisotopic (exact) mass is 445 g/mol. The molecule has 3 nitrogen and oxygen atoms in total. The van der Waals surface area contributed by atoms with Crippen molar-refractivity contribution in [1.29, 1.82) is 0 Å². The Hall–Kier alpha value is -0.940. The van der Waals surface area contributed by atoms with Crippen molar-refractivity contribution in [1.82, 2.24) is 5.32 Å². The first-order valence-electron chi connectivity index (χ1n) is 8.19. The fraction of sp³-hybridized carbons (Fsp3) is 0.368. The van der Waals surface area contributed by atoms with E-state index < -0.39 is 0 Å². The van der Waals surface area contributed by atoms with Gasteiger partial charge in [-0.3, -0.25) is 0 Å². The second-order valence-corrected chi connectivity index (χ2v) is 7.36. The van der Waals surface area contributed by atoms with E-state index >= 15 is 0 Å². The largest absolute Gasteiger partial charge is 0.493 e. The van der Waals surface area contributed by atoms with Gasteiger partial charge < -0.3 is 14.8 Å². The molecule has 0 unspecified atom stereocenters. The van der Waals surface area contributed by atoms with Crippen LogP contribution in [0.5, 0.6) is 11.5 Å². The number of ether oxygens (including phenoxy) is 2. The summed E-state index contributed by atoms with van der Waals surface area (Å²) in [4.78, 5) is 0. The van der Waals surface area contributed by atoms with E-state index in [2.05, 4.69) is 28.2 Å². The molecule has 0 aliphatic heterocycles. The second-order valence-electron chi connectivity index (χ2n) is 5.66. The van der Waals surface area contributed by atoms with E-state index in [-0.39, 0.29) is 0 Å². The van der Waals surface area contributed by atoms with Crippen LogP contribution in [0.3, 0.4) is 0 Å². The van der Waals surface area contributed by atoms with Crippen LogP contribution >= 0.6 is 39.1 Å². The summed E-state index contributed by atoms with van der Waals surface area (Å²) in [6.07, 6.45) is 2.35. The molecule has 0 amide bonds. The van der Waals surface area contributed by atoms with Gasteiger partial charge in [0, 0.05) is 22.2 Å². The van der Waals surface area contributed by atoms with Gasteiger partial charge in [-0.15, -0.1) is 0 Å². The van der Waals surface area contributed by atoms with Crippen LogP contribution in [-0.2, 0) is 13.2 Å². The van der Waals surface area contributed by atoms with E-state index in [0.717, 1.165) is 28.7 Å². The number of benzene rings is 2. The summed E-state index contributed by atoms with van der Waals surface area (Å²) in [5.41, 5.74) is 2.00. The van der Waals surface area contributed by atoms with E-state index in [1.165, 1.54) is 12.8 Å². The average Bonchev–Trinajstić information content (AvgIpc) is 2.58. The van der Waals surface area contributed by atoms with Gasteiger partial charge in [-0.1, -0.05) is 42.6 Å². The lowest BCUT2D eigenvalue weighted by molar-refractivity contribution is 0.282. The van der Waals surface area contributed by atoms with Gasteiger partial charge in [0.2, 0.25) is 0 Å². The number of hydrogen-bond acceptors (Lipinski definition) is 3. The van der Waals surface area contributed by atoms with Crippen molar-refractivity contribution in [2.45, 2.75) is 32.9 Å². The molecular formula is C19H22BrCl2NO2. The van der Waals surface area contributed by atoms with Crippen LogP contribution in [0.25, 0.3) is 0 Å². The fourth-order valence-electron chi connectivity index (χ4n) is 2.34. The Morgan fingerprint density at radius 3 is 2.64 bits per heavy atom. The Morgan fingerprint density at radius 2 is 1.96 bits per heavy atom. The molecule has 0 saturated carbocycles. The summed E-state index contributed by atoms with van der Waals surface area (Å²) in [5.74, 6) is 1.34. The van der Waals surface area contributed by atoms with Crippen molar-refractivity contribution in [2.24, 2.45) is 0 Å². The smallest absolute Gasteiger partial charge is 0.175 e. The first-order chi connectivity index (χ1) is 12.0. The number of unbranched alkanes of at least 4 members (excludes halogenated alkanes) is 1. The van der Waals surface area contributed by atoms with Crippen LogP contribution in [-0.4, -0.2) is 13.7 Å². The Labute approximate surface area is 167 Å². The van der Waals surface area contributed by atoms with E-state index in [4.69, 9.17) is 32.7 Å². The molecule has 2 aromatic rings. The number of rotatable bonds is 9. The molecule has 0 bridgehead atoms. The Kier molecular flexibility index (Phi) is 8.37. The first kappa shape index (κ1) is 20.4. The van der Waals surface area contributed by atoms with Gasteiger partial charge in [-0.05, 0) is 58.7 Å². The SMILES string of the molecule is CCCCNCc1cc(Br)c(OCc2ccc(Cl)cc2Cl)c(OC)c1. The Balaban J connectivity index is 2.09. The van der Waals surface area contributed by atoms with Gasteiger partial charge in [0.1, 0.15) is 6.61 Å². The average molecular weight is 447 g/mol. The summed E-state index contributed by atoms with van der Waals surface area (Å²) < 4.78 is 12.3. The highest BCUT2D eigenvalue weighted by Crippen LogP contribution is 2.37. The highest BCUT2D eigenvalue weighted by Gasteiger charge is 2.13. The van der Waals surface area contributed by atoms with E-state index in [0.29, 0.717) is 28.2 Å². The highest BCUT2D eigenvalue weighted by molar-refractivity contribution is 9.10. The minimum absolute atomic E-state index is 0.332. The molecule has 0 aliphatic rings. The normalized spacial score (nSPS) is 10.8. The molecule has 0 atom stereocenters. The molecular weight excluding hydrogens is 425 g/mol. The topological polar surface area (TPSA) is 30.5 Å². The third-order valence-electron chi connectivity index (χ3n) is 3.71. The maximum absolute atomic E-state index is 6.20. The zero-order valence-electron chi connectivity index (χ0n) is 14.4. The summed E-state index contributed by atoms with van der Waals surface area (Å²) in [5, 5.41) is 4.61. The second kappa shape index (κ2) is 10.3. The number of halogens is 3. The fourth-order valence-corrected chi connectivity index (χ4v) is 3.41. The summed E-state index contributed by atoms with van der Waals surface area (Å²) in [6, 6.07) is 9.39. The van der Waals surface area contributed by atoms with Crippen molar-refractivity contribution < 1.29 is 9.47 Å². The molecule has 2 aromatic carbocycles. The molecule has 0 spiro atoms. The van der Waals surface area contributed by atoms with Gasteiger partial charge >= 0.3 is 0 Å². The first-order valence-corrected chi connectivity index (χ1v) is 9.74. The molecule has 0 fully saturated rings. The van der Waals surface area contributed by atoms with Crippen LogP contribution in [0, 0.1) is 0 Å². The Bertz CT molecular complexity index is 710. The lowest BCUT2D eigenvalue weighted by Crippen LogP contribution is -2.14. The van der Waals surface area contributed by atoms with E-state index in [1.54, 1.807) is 19.2 Å². The van der Waals surface area contributed by atoms with Crippen molar-refractivity contribution in [3.05, 3.63) is 56.0 Å². The molecule has 1 N–H and O–H groups in total. The minimum atomic E-state index is 0.332. The highest BCUT2D eigenvalue weighted by atomic mass is 79.9. The van der Waals surface area contributed by atoms with Gasteiger partial charge in [0.25, 0.3) is 0 Å².